The zero-order valence-electron chi connectivity index (χ0n) is 20.0. The van der Waals surface area contributed by atoms with E-state index >= 15 is 0 Å². The van der Waals surface area contributed by atoms with Gasteiger partial charge in [-0.25, -0.2) is 18.2 Å². The Morgan fingerprint density at radius 2 is 1.81 bits per heavy atom. The molecule has 0 bridgehead atoms. The average molecular weight is 493 g/mol. The lowest BCUT2D eigenvalue weighted by Gasteiger charge is -2.32. The number of H-pyrrole nitrogens is 1. The minimum Gasteiger partial charge on any atom is -0.349 e. The SMILES string of the molecule is CC(c1nc2c(F)c(F)c(C(=O)NC3CC3)cc2[nH]1)C1CCC(c2ccnc3ccc(F)cc23)CC1. The van der Waals surface area contributed by atoms with Gasteiger partial charge in [0.2, 0.25) is 0 Å². The van der Waals surface area contributed by atoms with Crippen molar-refractivity contribution in [3.63, 3.8) is 0 Å². The largest absolute Gasteiger partial charge is 0.349 e. The Hall–Kier alpha value is -3.42. The van der Waals surface area contributed by atoms with Gasteiger partial charge in [0.1, 0.15) is 17.2 Å². The summed E-state index contributed by atoms with van der Waals surface area (Å²) in [4.78, 5) is 24.3. The molecule has 1 amide bonds. The first kappa shape index (κ1) is 23.0. The fraction of sp³-hybridized carbons (Fsp3) is 0.393. The first-order valence-corrected chi connectivity index (χ1v) is 12.6. The lowest BCUT2D eigenvalue weighted by atomic mass is 9.73. The van der Waals surface area contributed by atoms with Crippen LogP contribution in [0.2, 0.25) is 0 Å². The van der Waals surface area contributed by atoms with Crippen LogP contribution >= 0.6 is 0 Å². The Morgan fingerprint density at radius 3 is 2.56 bits per heavy atom. The Labute approximate surface area is 206 Å². The van der Waals surface area contributed by atoms with Crippen LogP contribution in [0.3, 0.4) is 0 Å². The summed E-state index contributed by atoms with van der Waals surface area (Å²) in [5, 5.41) is 3.58. The number of hydrogen-bond acceptors (Lipinski definition) is 3. The van der Waals surface area contributed by atoms with E-state index in [1.165, 1.54) is 12.1 Å². The van der Waals surface area contributed by atoms with Crippen molar-refractivity contribution in [3.8, 4) is 0 Å². The van der Waals surface area contributed by atoms with Gasteiger partial charge in [-0.15, -0.1) is 0 Å². The number of rotatable bonds is 5. The summed E-state index contributed by atoms with van der Waals surface area (Å²) in [6.07, 6.45) is 7.27. The molecule has 4 aromatic rings. The van der Waals surface area contributed by atoms with Gasteiger partial charge in [-0.3, -0.25) is 9.78 Å². The summed E-state index contributed by atoms with van der Waals surface area (Å²) in [7, 11) is 0. The Kier molecular flexibility index (Phi) is 5.69. The van der Waals surface area contributed by atoms with Crippen LogP contribution < -0.4 is 5.32 Å². The molecule has 2 fully saturated rings. The van der Waals surface area contributed by atoms with Crippen LogP contribution in [0.15, 0.2) is 36.5 Å². The van der Waals surface area contributed by atoms with Gasteiger partial charge in [0.25, 0.3) is 5.91 Å². The van der Waals surface area contributed by atoms with Gasteiger partial charge < -0.3 is 10.3 Å². The summed E-state index contributed by atoms with van der Waals surface area (Å²) in [5.74, 6) is -1.87. The summed E-state index contributed by atoms with van der Waals surface area (Å²) >= 11 is 0. The zero-order chi connectivity index (χ0) is 25.0. The molecule has 0 saturated heterocycles. The van der Waals surface area contributed by atoms with E-state index in [-0.39, 0.29) is 28.9 Å². The van der Waals surface area contributed by atoms with Crippen LogP contribution in [0.4, 0.5) is 13.2 Å². The molecule has 36 heavy (non-hydrogen) atoms. The Morgan fingerprint density at radius 1 is 1.03 bits per heavy atom. The molecule has 2 heterocycles. The summed E-state index contributed by atoms with van der Waals surface area (Å²) < 4.78 is 43.4. The average Bonchev–Trinajstić information content (AvgIpc) is 3.60. The van der Waals surface area contributed by atoms with E-state index in [0.29, 0.717) is 23.2 Å². The van der Waals surface area contributed by atoms with Crippen LogP contribution in [-0.4, -0.2) is 26.9 Å². The minimum absolute atomic E-state index is 0.0104. The number of imidazole rings is 1. The number of halogens is 3. The van der Waals surface area contributed by atoms with Crippen LogP contribution in [0.25, 0.3) is 21.9 Å². The third kappa shape index (κ3) is 4.12. The maximum atomic E-state index is 14.8. The molecule has 1 atom stereocenters. The number of fused-ring (bicyclic) bond motifs is 2. The van der Waals surface area contributed by atoms with E-state index < -0.39 is 17.5 Å². The number of pyridine rings is 1. The van der Waals surface area contributed by atoms with Crippen molar-refractivity contribution in [2.75, 3.05) is 0 Å². The molecular weight excluding hydrogens is 465 g/mol. The van der Waals surface area contributed by atoms with Crippen molar-refractivity contribution < 1.29 is 18.0 Å². The van der Waals surface area contributed by atoms with E-state index in [1.54, 1.807) is 18.3 Å². The molecule has 2 N–H and O–H groups in total. The van der Waals surface area contributed by atoms with E-state index in [0.717, 1.165) is 55.0 Å². The van der Waals surface area contributed by atoms with Crippen molar-refractivity contribution >= 4 is 27.8 Å². The third-order valence-electron chi connectivity index (χ3n) is 7.92. The van der Waals surface area contributed by atoms with Crippen molar-refractivity contribution in [1.82, 2.24) is 20.3 Å². The molecule has 2 aliphatic carbocycles. The van der Waals surface area contributed by atoms with Crippen LogP contribution in [0.1, 0.15) is 79.0 Å². The highest BCUT2D eigenvalue weighted by Gasteiger charge is 2.31. The molecule has 0 aliphatic heterocycles. The molecule has 8 heteroatoms. The van der Waals surface area contributed by atoms with Gasteiger partial charge in [-0.05, 0) is 86.3 Å². The predicted octanol–water partition coefficient (Wildman–Crippen LogP) is 6.50. The molecular formula is C28H27F3N4O. The molecule has 0 radical (unpaired) electrons. The fourth-order valence-electron chi connectivity index (χ4n) is 5.63. The number of hydrogen-bond donors (Lipinski definition) is 2. The van der Waals surface area contributed by atoms with Gasteiger partial charge >= 0.3 is 0 Å². The van der Waals surface area contributed by atoms with Gasteiger partial charge in [0.15, 0.2) is 11.6 Å². The quantitative estimate of drug-likeness (QED) is 0.334. The van der Waals surface area contributed by atoms with Crippen molar-refractivity contribution in [2.45, 2.75) is 63.3 Å². The molecule has 2 aromatic carbocycles. The number of aromatic amines is 1. The Balaban J connectivity index is 1.20. The first-order chi connectivity index (χ1) is 17.4. The molecule has 2 aliphatic rings. The van der Waals surface area contributed by atoms with Gasteiger partial charge in [0, 0.05) is 23.5 Å². The summed E-state index contributed by atoms with van der Waals surface area (Å²) in [5.41, 5.74) is 1.89. The maximum absolute atomic E-state index is 14.8. The Bertz CT molecular complexity index is 1470. The smallest absolute Gasteiger partial charge is 0.254 e. The molecule has 0 spiro atoms. The third-order valence-corrected chi connectivity index (χ3v) is 7.92. The van der Waals surface area contributed by atoms with Crippen LogP contribution in [-0.2, 0) is 0 Å². The standard InChI is InChI=1S/C28H27F3N4O/c1-14(15-2-4-16(5-3-15)19-10-11-32-22-9-6-17(29)12-20(19)22)27-34-23-13-21(28(36)33-18-7-8-18)24(30)25(31)26(23)35-27/h6,9-16,18H,2-5,7-8H2,1H3,(H,33,36)(H,34,35). The number of aromatic nitrogens is 3. The zero-order valence-corrected chi connectivity index (χ0v) is 20.0. The number of carbonyl (C=O) groups is 1. The topological polar surface area (TPSA) is 70.7 Å². The number of benzene rings is 2. The highest BCUT2D eigenvalue weighted by Crippen LogP contribution is 2.43. The van der Waals surface area contributed by atoms with Crippen molar-refractivity contribution in [1.29, 1.82) is 0 Å². The molecule has 2 saturated carbocycles. The second-order valence-corrected chi connectivity index (χ2v) is 10.3. The molecule has 186 valence electrons. The highest BCUT2D eigenvalue weighted by atomic mass is 19.2. The van der Waals surface area contributed by atoms with E-state index in [2.05, 4.69) is 27.2 Å². The predicted molar refractivity (Wildman–Crippen MR) is 131 cm³/mol. The lowest BCUT2D eigenvalue weighted by Crippen LogP contribution is -2.26. The van der Waals surface area contributed by atoms with Crippen LogP contribution in [0.5, 0.6) is 0 Å². The fourth-order valence-corrected chi connectivity index (χ4v) is 5.63. The number of amides is 1. The monoisotopic (exact) mass is 492 g/mol. The highest BCUT2D eigenvalue weighted by molar-refractivity contribution is 5.98. The first-order valence-electron chi connectivity index (χ1n) is 12.6. The van der Waals surface area contributed by atoms with Crippen molar-refractivity contribution in [2.24, 2.45) is 5.92 Å². The second-order valence-electron chi connectivity index (χ2n) is 10.3. The second kappa shape index (κ2) is 8.91. The van der Waals surface area contributed by atoms with E-state index in [9.17, 15) is 18.0 Å². The summed E-state index contributed by atoms with van der Waals surface area (Å²) in [6.45, 7) is 2.05. The van der Waals surface area contributed by atoms with Crippen LogP contribution in [0, 0.1) is 23.4 Å². The van der Waals surface area contributed by atoms with Gasteiger partial charge in [-0.1, -0.05) is 6.92 Å². The molecule has 6 rings (SSSR count). The lowest BCUT2D eigenvalue weighted by molar-refractivity contribution is 0.0946. The molecule has 1 unspecified atom stereocenters. The van der Waals surface area contributed by atoms with E-state index in [1.807, 2.05) is 6.07 Å². The number of carbonyl (C=O) groups excluding carboxylic acids is 1. The molecule has 5 nitrogen and oxygen atoms in total. The molecule has 2 aromatic heterocycles. The number of nitrogens with one attached hydrogen (secondary N) is 2. The van der Waals surface area contributed by atoms with Gasteiger partial charge in [0.05, 0.1) is 16.6 Å². The van der Waals surface area contributed by atoms with Gasteiger partial charge in [-0.2, -0.15) is 0 Å². The van der Waals surface area contributed by atoms with Crippen molar-refractivity contribution in [3.05, 3.63) is 70.9 Å². The number of nitrogens with zero attached hydrogens (tertiary/aromatic N) is 2. The van der Waals surface area contributed by atoms with E-state index in [4.69, 9.17) is 0 Å². The maximum Gasteiger partial charge on any atom is 0.254 e. The normalized spacial score (nSPS) is 21.1. The minimum atomic E-state index is -1.16. The summed E-state index contributed by atoms with van der Waals surface area (Å²) in [6, 6.07) is 8.11.